The normalized spacial score (nSPS) is 52.4. The second kappa shape index (κ2) is 4.31. The quantitative estimate of drug-likeness (QED) is 0.581. The third kappa shape index (κ3) is 1.41. The van der Waals surface area contributed by atoms with Gasteiger partial charge in [-0.3, -0.25) is 4.79 Å². The molecule has 0 amide bonds. The summed E-state index contributed by atoms with van der Waals surface area (Å²) in [4.78, 5) is 12.3. The predicted octanol–water partition coefficient (Wildman–Crippen LogP) is 1.65. The van der Waals surface area contributed by atoms with Gasteiger partial charge in [0.15, 0.2) is 0 Å². The number of hydrogen-bond acceptors (Lipinski definition) is 4. The number of carbonyl (C=O) groups is 1. The Bertz CT molecular complexity index is 459. The molecule has 4 nitrogen and oxygen atoms in total. The van der Waals surface area contributed by atoms with Crippen molar-refractivity contribution in [3.8, 4) is 0 Å². The molecule has 0 spiro atoms. The van der Waals surface area contributed by atoms with Gasteiger partial charge < -0.3 is 14.2 Å². The smallest absolute Gasteiger partial charge is 0.311 e. The first kappa shape index (κ1) is 12.8. The highest BCUT2D eigenvalue weighted by Gasteiger charge is 2.68. The molecular weight excluding hydrogens is 256 g/mol. The van der Waals surface area contributed by atoms with Gasteiger partial charge in [-0.2, -0.15) is 0 Å². The minimum atomic E-state index is -0.158. The molecule has 2 aliphatic heterocycles. The van der Waals surface area contributed by atoms with Gasteiger partial charge in [-0.1, -0.05) is 12.2 Å². The Morgan fingerprint density at radius 1 is 1.20 bits per heavy atom. The molecule has 3 fully saturated rings. The molecule has 0 aromatic heterocycles. The molecule has 1 saturated carbocycles. The first-order valence-electron chi connectivity index (χ1n) is 7.61. The van der Waals surface area contributed by atoms with Crippen LogP contribution in [0.5, 0.6) is 0 Å². The van der Waals surface area contributed by atoms with Crippen molar-refractivity contribution in [1.29, 1.82) is 0 Å². The van der Waals surface area contributed by atoms with Crippen LogP contribution < -0.4 is 0 Å². The van der Waals surface area contributed by atoms with E-state index in [1.54, 1.807) is 7.11 Å². The standard InChI is InChI=1S/C16H22O4/c1-7(18-2)10-13(16(17)19-3)15-12-9-5-4-8(6-9)11(12)14(10)20-15/h4-5,7-15H,6H2,1-3H3. The van der Waals surface area contributed by atoms with E-state index in [0.717, 1.165) is 0 Å². The second-order valence-electron chi connectivity index (χ2n) is 6.74. The van der Waals surface area contributed by atoms with Crippen LogP contribution in [0.1, 0.15) is 13.3 Å². The predicted molar refractivity (Wildman–Crippen MR) is 71.8 cm³/mol. The van der Waals surface area contributed by atoms with Gasteiger partial charge in [-0.25, -0.2) is 0 Å². The zero-order chi connectivity index (χ0) is 14.0. The fourth-order valence-electron chi connectivity index (χ4n) is 5.43. The minimum Gasteiger partial charge on any atom is -0.469 e. The van der Waals surface area contributed by atoms with Crippen LogP contribution in [0.25, 0.3) is 0 Å². The van der Waals surface area contributed by atoms with Crippen LogP contribution in [0.15, 0.2) is 12.2 Å². The lowest BCUT2D eigenvalue weighted by molar-refractivity contribution is -0.152. The molecule has 0 radical (unpaired) electrons. The highest BCUT2D eigenvalue weighted by atomic mass is 16.5. The van der Waals surface area contributed by atoms with Crippen molar-refractivity contribution >= 4 is 5.97 Å². The molecule has 2 saturated heterocycles. The Morgan fingerprint density at radius 2 is 1.85 bits per heavy atom. The van der Waals surface area contributed by atoms with Crippen LogP contribution in [0.4, 0.5) is 0 Å². The lowest BCUT2D eigenvalue weighted by Crippen LogP contribution is -2.49. The van der Waals surface area contributed by atoms with Crippen molar-refractivity contribution in [2.75, 3.05) is 14.2 Å². The number of fused-ring (bicyclic) bond motifs is 9. The van der Waals surface area contributed by atoms with Crippen molar-refractivity contribution in [3.05, 3.63) is 12.2 Å². The van der Waals surface area contributed by atoms with Crippen molar-refractivity contribution in [1.82, 2.24) is 0 Å². The summed E-state index contributed by atoms with van der Waals surface area (Å²) in [7, 11) is 3.18. The fourth-order valence-corrected chi connectivity index (χ4v) is 5.43. The van der Waals surface area contributed by atoms with Gasteiger partial charge in [0.1, 0.15) is 0 Å². The lowest BCUT2D eigenvalue weighted by atomic mass is 9.63. The summed E-state index contributed by atoms with van der Waals surface area (Å²) in [5.41, 5.74) is 0. The Balaban J connectivity index is 1.70. The number of ether oxygens (including phenoxy) is 3. The van der Waals surface area contributed by atoms with Crippen LogP contribution in [-0.2, 0) is 19.0 Å². The zero-order valence-corrected chi connectivity index (χ0v) is 12.2. The molecular formula is C16H22O4. The van der Waals surface area contributed by atoms with Crippen molar-refractivity contribution in [3.63, 3.8) is 0 Å². The molecule has 9 unspecified atom stereocenters. The number of esters is 1. The maximum atomic E-state index is 12.3. The molecule has 0 aromatic rings. The molecule has 9 atom stereocenters. The maximum absolute atomic E-state index is 12.3. The molecule has 0 aromatic carbocycles. The third-order valence-corrected chi connectivity index (χ3v) is 6.19. The van der Waals surface area contributed by atoms with Crippen LogP contribution in [0.3, 0.4) is 0 Å². The Kier molecular flexibility index (Phi) is 2.77. The van der Waals surface area contributed by atoms with Gasteiger partial charge in [0.25, 0.3) is 0 Å². The average molecular weight is 278 g/mol. The van der Waals surface area contributed by atoms with Gasteiger partial charge in [0.05, 0.1) is 31.3 Å². The van der Waals surface area contributed by atoms with E-state index in [-0.39, 0.29) is 36.1 Å². The largest absolute Gasteiger partial charge is 0.469 e. The molecule has 20 heavy (non-hydrogen) atoms. The fraction of sp³-hybridized carbons (Fsp3) is 0.812. The Hall–Kier alpha value is -0.870. The molecule has 0 N–H and O–H groups in total. The average Bonchev–Trinajstić information content (AvgIpc) is 3.20. The van der Waals surface area contributed by atoms with Crippen LogP contribution >= 0.6 is 0 Å². The molecule has 4 rings (SSSR count). The molecule has 2 aliphatic carbocycles. The SMILES string of the molecule is COC(=O)C1C2OC(C1C(C)OC)C1C3C=CC(C3)C21. The molecule has 4 bridgehead atoms. The number of hydrogen-bond donors (Lipinski definition) is 0. The van der Waals surface area contributed by atoms with Crippen LogP contribution in [0, 0.1) is 35.5 Å². The zero-order valence-electron chi connectivity index (χ0n) is 12.2. The summed E-state index contributed by atoms with van der Waals surface area (Å²) in [6, 6.07) is 0. The number of carbonyl (C=O) groups excluding carboxylic acids is 1. The lowest BCUT2D eigenvalue weighted by Gasteiger charge is -2.39. The van der Waals surface area contributed by atoms with E-state index in [1.807, 2.05) is 6.92 Å². The summed E-state index contributed by atoms with van der Waals surface area (Å²) in [6.07, 6.45) is 6.15. The van der Waals surface area contributed by atoms with Crippen molar-refractivity contribution in [2.45, 2.75) is 31.7 Å². The Morgan fingerprint density at radius 3 is 2.45 bits per heavy atom. The van der Waals surface area contributed by atoms with Crippen LogP contribution in [-0.4, -0.2) is 38.5 Å². The molecule has 4 aliphatic rings. The van der Waals surface area contributed by atoms with E-state index in [1.165, 1.54) is 13.5 Å². The molecule has 4 heteroatoms. The van der Waals surface area contributed by atoms with E-state index in [0.29, 0.717) is 23.7 Å². The summed E-state index contributed by atoms with van der Waals surface area (Å²) >= 11 is 0. The summed E-state index contributed by atoms with van der Waals surface area (Å²) in [5, 5.41) is 0. The van der Waals surface area contributed by atoms with E-state index < -0.39 is 0 Å². The monoisotopic (exact) mass is 278 g/mol. The minimum absolute atomic E-state index is 0.0261. The summed E-state index contributed by atoms with van der Waals surface area (Å²) < 4.78 is 16.9. The van der Waals surface area contributed by atoms with E-state index in [2.05, 4.69) is 12.2 Å². The number of methoxy groups -OCH3 is 2. The number of rotatable bonds is 3. The van der Waals surface area contributed by atoms with Gasteiger partial charge >= 0.3 is 5.97 Å². The first-order chi connectivity index (χ1) is 9.67. The highest BCUT2D eigenvalue weighted by Crippen LogP contribution is 2.63. The van der Waals surface area contributed by atoms with Gasteiger partial charge in [0, 0.05) is 13.0 Å². The Labute approximate surface area is 119 Å². The third-order valence-electron chi connectivity index (χ3n) is 6.19. The molecule has 110 valence electrons. The summed E-state index contributed by atoms with van der Waals surface area (Å²) in [6.45, 7) is 2.04. The van der Waals surface area contributed by atoms with Crippen LogP contribution in [0.2, 0.25) is 0 Å². The van der Waals surface area contributed by atoms with E-state index in [4.69, 9.17) is 14.2 Å². The second-order valence-corrected chi connectivity index (χ2v) is 6.74. The number of allylic oxidation sites excluding steroid dienone is 2. The van der Waals surface area contributed by atoms with Crippen molar-refractivity contribution in [2.24, 2.45) is 35.5 Å². The summed E-state index contributed by atoms with van der Waals surface area (Å²) in [5.74, 6) is 2.19. The van der Waals surface area contributed by atoms with Gasteiger partial charge in [-0.05, 0) is 37.0 Å². The van der Waals surface area contributed by atoms with E-state index >= 15 is 0 Å². The molecule has 2 heterocycles. The first-order valence-corrected chi connectivity index (χ1v) is 7.61. The maximum Gasteiger partial charge on any atom is 0.311 e. The highest BCUT2D eigenvalue weighted by molar-refractivity contribution is 5.74. The topological polar surface area (TPSA) is 44.8 Å². The van der Waals surface area contributed by atoms with Crippen molar-refractivity contribution < 1.29 is 19.0 Å². The van der Waals surface area contributed by atoms with E-state index in [9.17, 15) is 4.79 Å². The van der Waals surface area contributed by atoms with Gasteiger partial charge in [-0.15, -0.1) is 0 Å². The van der Waals surface area contributed by atoms with Gasteiger partial charge in [0.2, 0.25) is 0 Å².